The van der Waals surface area contributed by atoms with Crippen LogP contribution in [0.5, 0.6) is 0 Å². The Kier molecular flexibility index (Phi) is 6.33. The Hall–Kier alpha value is -2.55. The number of hydrogen-bond donors (Lipinski definition) is 0. The molecule has 0 aliphatic heterocycles. The van der Waals surface area contributed by atoms with Crippen molar-refractivity contribution in [1.29, 1.82) is 0 Å². The lowest BCUT2D eigenvalue weighted by atomic mass is 9.77. The molecule has 2 nitrogen and oxygen atoms in total. The molecule has 0 amide bonds. The largest absolute Gasteiger partial charge is 0.236 e. The minimum absolute atomic E-state index is 0.250. The Morgan fingerprint density at radius 2 is 1.41 bits per heavy atom. The summed E-state index contributed by atoms with van der Waals surface area (Å²) < 4.78 is 13.1. The maximum Gasteiger partial charge on any atom is 0.159 e. The molecule has 0 unspecified atom stereocenters. The van der Waals surface area contributed by atoms with E-state index in [4.69, 9.17) is 0 Å². The van der Waals surface area contributed by atoms with Gasteiger partial charge in [-0.25, -0.2) is 14.4 Å². The second kappa shape index (κ2) is 9.30. The van der Waals surface area contributed by atoms with E-state index in [-0.39, 0.29) is 5.82 Å². The normalized spacial score (nSPS) is 19.2. The summed E-state index contributed by atoms with van der Waals surface area (Å²) in [7, 11) is 0. The highest BCUT2D eigenvalue weighted by atomic mass is 19.1. The van der Waals surface area contributed by atoms with Crippen molar-refractivity contribution in [3.05, 3.63) is 72.3 Å². The Balaban J connectivity index is 1.40. The Bertz CT molecular complexity index is 893. The van der Waals surface area contributed by atoms with Gasteiger partial charge in [0.25, 0.3) is 0 Å². The zero-order valence-electron chi connectivity index (χ0n) is 17.2. The molecule has 0 radical (unpaired) electrons. The molecule has 0 saturated heterocycles. The number of aromatic nitrogens is 2. The van der Waals surface area contributed by atoms with Crippen molar-refractivity contribution in [2.75, 3.05) is 0 Å². The fourth-order valence-electron chi connectivity index (χ4n) is 4.45. The van der Waals surface area contributed by atoms with Crippen LogP contribution >= 0.6 is 0 Å². The van der Waals surface area contributed by atoms with Crippen LogP contribution in [0.4, 0.5) is 4.39 Å². The highest BCUT2D eigenvalue weighted by Gasteiger charge is 2.21. The van der Waals surface area contributed by atoms with Crippen LogP contribution in [0.25, 0.3) is 22.5 Å². The summed E-state index contributed by atoms with van der Waals surface area (Å²) >= 11 is 0. The average molecular weight is 389 g/mol. The van der Waals surface area contributed by atoms with E-state index in [0.717, 1.165) is 22.6 Å². The van der Waals surface area contributed by atoms with Gasteiger partial charge < -0.3 is 0 Å². The standard InChI is InChI=1S/C26H29FN2/c1-2-3-4-19-5-7-20(8-6-19)21-9-11-22(12-10-21)24-17-28-26(29-18-24)23-13-15-25(27)16-14-23/h9-20H,2-8H2,1H3/t19-,20-. The molecule has 3 aromatic rings. The molecular weight excluding hydrogens is 359 g/mol. The summed E-state index contributed by atoms with van der Waals surface area (Å²) in [6, 6.07) is 15.2. The summed E-state index contributed by atoms with van der Waals surface area (Å²) in [5, 5.41) is 0. The monoisotopic (exact) mass is 388 g/mol. The van der Waals surface area contributed by atoms with Crippen molar-refractivity contribution in [2.24, 2.45) is 5.92 Å². The lowest BCUT2D eigenvalue weighted by Crippen LogP contribution is -2.13. The summed E-state index contributed by atoms with van der Waals surface area (Å²) in [5.74, 6) is 2.02. The topological polar surface area (TPSA) is 25.8 Å². The number of hydrogen-bond acceptors (Lipinski definition) is 2. The Labute approximate surface area is 173 Å². The molecule has 0 bridgehead atoms. The van der Waals surface area contributed by atoms with E-state index in [0.29, 0.717) is 11.7 Å². The van der Waals surface area contributed by atoms with Crippen LogP contribution < -0.4 is 0 Å². The fourth-order valence-corrected chi connectivity index (χ4v) is 4.45. The summed E-state index contributed by atoms with van der Waals surface area (Å²) in [6.07, 6.45) is 13.2. The van der Waals surface area contributed by atoms with Crippen LogP contribution in [0.3, 0.4) is 0 Å². The molecule has 1 saturated carbocycles. The van der Waals surface area contributed by atoms with Crippen molar-refractivity contribution in [1.82, 2.24) is 9.97 Å². The first-order valence-electron chi connectivity index (χ1n) is 10.9. The third-order valence-corrected chi connectivity index (χ3v) is 6.28. The first-order valence-corrected chi connectivity index (χ1v) is 10.9. The molecule has 1 fully saturated rings. The summed E-state index contributed by atoms with van der Waals surface area (Å²) in [6.45, 7) is 2.29. The van der Waals surface area contributed by atoms with Crippen LogP contribution in [-0.2, 0) is 0 Å². The second-order valence-corrected chi connectivity index (χ2v) is 8.28. The van der Waals surface area contributed by atoms with Gasteiger partial charge in [-0.05, 0) is 72.9 Å². The first kappa shape index (κ1) is 19.8. The smallest absolute Gasteiger partial charge is 0.159 e. The lowest BCUT2D eigenvalue weighted by Gasteiger charge is -2.29. The maximum absolute atomic E-state index is 13.1. The highest BCUT2D eigenvalue weighted by molar-refractivity contribution is 5.64. The van der Waals surface area contributed by atoms with Gasteiger partial charge in [0.05, 0.1) is 0 Å². The lowest BCUT2D eigenvalue weighted by molar-refractivity contribution is 0.304. The molecule has 29 heavy (non-hydrogen) atoms. The predicted octanol–water partition coefficient (Wildman–Crippen LogP) is 7.41. The minimum Gasteiger partial charge on any atom is -0.236 e. The number of benzene rings is 2. The van der Waals surface area contributed by atoms with Crippen molar-refractivity contribution >= 4 is 0 Å². The number of rotatable bonds is 6. The van der Waals surface area contributed by atoms with E-state index in [1.807, 2.05) is 12.4 Å². The van der Waals surface area contributed by atoms with Crippen LogP contribution in [0, 0.1) is 11.7 Å². The highest BCUT2D eigenvalue weighted by Crippen LogP contribution is 2.38. The summed E-state index contributed by atoms with van der Waals surface area (Å²) in [5.41, 5.74) is 4.43. The van der Waals surface area contributed by atoms with Gasteiger partial charge in [0.15, 0.2) is 5.82 Å². The van der Waals surface area contributed by atoms with Crippen LogP contribution in [0.2, 0.25) is 0 Å². The van der Waals surface area contributed by atoms with E-state index in [2.05, 4.69) is 41.2 Å². The fraction of sp³-hybridized carbons (Fsp3) is 0.385. The first-order chi connectivity index (χ1) is 14.2. The Morgan fingerprint density at radius 1 is 0.793 bits per heavy atom. The van der Waals surface area contributed by atoms with Crippen molar-refractivity contribution in [3.63, 3.8) is 0 Å². The molecule has 0 atom stereocenters. The van der Waals surface area contributed by atoms with Crippen molar-refractivity contribution < 1.29 is 4.39 Å². The molecule has 3 heteroatoms. The predicted molar refractivity (Wildman–Crippen MR) is 117 cm³/mol. The molecule has 0 spiro atoms. The zero-order valence-corrected chi connectivity index (χ0v) is 17.2. The van der Waals surface area contributed by atoms with Gasteiger partial charge in [-0.3, -0.25) is 0 Å². The molecule has 1 aliphatic rings. The Morgan fingerprint density at radius 3 is 2.03 bits per heavy atom. The average Bonchev–Trinajstić information content (AvgIpc) is 2.79. The van der Waals surface area contributed by atoms with Gasteiger partial charge >= 0.3 is 0 Å². The van der Waals surface area contributed by atoms with E-state index in [1.165, 1.54) is 62.6 Å². The maximum atomic E-state index is 13.1. The van der Waals surface area contributed by atoms with Gasteiger partial charge in [-0.2, -0.15) is 0 Å². The molecule has 1 heterocycles. The second-order valence-electron chi connectivity index (χ2n) is 8.28. The van der Waals surface area contributed by atoms with Gasteiger partial charge in [-0.1, -0.05) is 50.5 Å². The van der Waals surface area contributed by atoms with Gasteiger partial charge in [0.1, 0.15) is 5.82 Å². The minimum atomic E-state index is -0.250. The molecule has 1 aliphatic carbocycles. The summed E-state index contributed by atoms with van der Waals surface area (Å²) in [4.78, 5) is 8.93. The molecule has 2 aromatic carbocycles. The van der Waals surface area contributed by atoms with E-state index in [9.17, 15) is 4.39 Å². The third kappa shape index (κ3) is 4.90. The number of halogens is 1. The van der Waals surface area contributed by atoms with Gasteiger partial charge in [0, 0.05) is 23.5 Å². The SMILES string of the molecule is CCCC[C@H]1CC[C@H](c2ccc(-c3cnc(-c4ccc(F)cc4)nc3)cc2)CC1. The quantitative estimate of drug-likeness (QED) is 0.439. The molecule has 4 rings (SSSR count). The zero-order chi connectivity index (χ0) is 20.1. The number of nitrogens with zero attached hydrogens (tertiary/aromatic N) is 2. The molecular formula is C26H29FN2. The molecule has 150 valence electrons. The van der Waals surface area contributed by atoms with Gasteiger partial charge in [0.2, 0.25) is 0 Å². The van der Waals surface area contributed by atoms with Crippen molar-refractivity contribution in [2.45, 2.75) is 57.8 Å². The van der Waals surface area contributed by atoms with Crippen LogP contribution in [0.1, 0.15) is 63.4 Å². The molecule has 1 aromatic heterocycles. The van der Waals surface area contributed by atoms with Crippen LogP contribution in [-0.4, -0.2) is 9.97 Å². The van der Waals surface area contributed by atoms with Crippen LogP contribution in [0.15, 0.2) is 60.9 Å². The van der Waals surface area contributed by atoms with Gasteiger partial charge in [-0.15, -0.1) is 0 Å². The molecule has 0 N–H and O–H groups in total. The number of unbranched alkanes of at least 4 members (excludes halogenated alkanes) is 1. The third-order valence-electron chi connectivity index (χ3n) is 6.28. The van der Waals surface area contributed by atoms with E-state index >= 15 is 0 Å². The van der Waals surface area contributed by atoms with E-state index < -0.39 is 0 Å². The van der Waals surface area contributed by atoms with E-state index in [1.54, 1.807) is 12.1 Å². The van der Waals surface area contributed by atoms with Crippen molar-refractivity contribution in [3.8, 4) is 22.5 Å².